The van der Waals surface area contributed by atoms with Gasteiger partial charge in [-0.1, -0.05) is 18.2 Å². The van der Waals surface area contributed by atoms with Crippen LogP contribution in [0.5, 0.6) is 5.75 Å². The highest BCUT2D eigenvalue weighted by molar-refractivity contribution is 5.75. The maximum atomic E-state index is 13.9. The van der Waals surface area contributed by atoms with Gasteiger partial charge in [0, 0.05) is 13.1 Å². The van der Waals surface area contributed by atoms with Gasteiger partial charge in [0.25, 0.3) is 5.56 Å². The summed E-state index contributed by atoms with van der Waals surface area (Å²) in [6.45, 7) is 4.41. The standard InChI is InChI=1S/C21H23FN4O4/c1-3-25-18-17(19(27)26(4-2)20(25)28)23-16(24-18)10-7-14-5-8-15(9-6-14)30-13-21(22)11-29-12-21/h5-10H,3-4,11-13H2,1-2H3,(H,23,24). The van der Waals surface area contributed by atoms with Gasteiger partial charge in [0.15, 0.2) is 11.3 Å². The number of benzene rings is 1. The number of aromatic nitrogens is 4. The molecule has 0 saturated carbocycles. The van der Waals surface area contributed by atoms with Crippen LogP contribution in [0.15, 0.2) is 33.9 Å². The fraction of sp³-hybridized carbons (Fsp3) is 0.381. The lowest BCUT2D eigenvalue weighted by Crippen LogP contribution is -2.50. The first-order chi connectivity index (χ1) is 14.4. The number of alkyl halides is 1. The number of nitrogens with one attached hydrogen (secondary N) is 1. The Balaban J connectivity index is 1.54. The summed E-state index contributed by atoms with van der Waals surface area (Å²) >= 11 is 0. The molecule has 0 aliphatic carbocycles. The van der Waals surface area contributed by atoms with E-state index in [1.807, 2.05) is 25.1 Å². The summed E-state index contributed by atoms with van der Waals surface area (Å²) in [4.78, 5) is 32.4. The van der Waals surface area contributed by atoms with Gasteiger partial charge >= 0.3 is 5.69 Å². The minimum Gasteiger partial charge on any atom is -0.490 e. The van der Waals surface area contributed by atoms with E-state index >= 15 is 0 Å². The molecule has 3 heterocycles. The van der Waals surface area contributed by atoms with Crippen LogP contribution < -0.4 is 16.0 Å². The Kier molecular flexibility index (Phi) is 5.29. The number of nitrogens with zero attached hydrogens (tertiary/aromatic N) is 3. The van der Waals surface area contributed by atoms with Crippen molar-refractivity contribution < 1.29 is 13.9 Å². The monoisotopic (exact) mass is 414 g/mol. The van der Waals surface area contributed by atoms with Crippen molar-refractivity contribution in [2.24, 2.45) is 0 Å². The molecule has 0 radical (unpaired) electrons. The summed E-state index contributed by atoms with van der Waals surface area (Å²) in [6, 6.07) is 7.19. The van der Waals surface area contributed by atoms with Crippen LogP contribution in [0, 0.1) is 0 Å². The van der Waals surface area contributed by atoms with Gasteiger partial charge in [0.05, 0.1) is 13.2 Å². The van der Waals surface area contributed by atoms with E-state index in [2.05, 4.69) is 9.97 Å². The van der Waals surface area contributed by atoms with Gasteiger partial charge in [0.1, 0.15) is 23.7 Å². The van der Waals surface area contributed by atoms with Gasteiger partial charge in [-0.25, -0.2) is 14.2 Å². The molecular formula is C21H23FN4O4. The zero-order valence-corrected chi connectivity index (χ0v) is 16.9. The van der Waals surface area contributed by atoms with Crippen molar-refractivity contribution in [1.29, 1.82) is 0 Å². The first kappa shape index (κ1) is 20.1. The van der Waals surface area contributed by atoms with Gasteiger partial charge in [-0.15, -0.1) is 0 Å². The van der Waals surface area contributed by atoms with Crippen LogP contribution in [-0.4, -0.2) is 44.6 Å². The molecule has 1 saturated heterocycles. The number of halogens is 1. The maximum Gasteiger partial charge on any atom is 0.332 e. The molecule has 1 aliphatic rings. The number of ether oxygens (including phenoxy) is 2. The number of H-pyrrole nitrogens is 1. The minimum atomic E-state index is -1.39. The summed E-state index contributed by atoms with van der Waals surface area (Å²) < 4.78 is 26.9. The molecule has 2 aromatic heterocycles. The second-order valence-electron chi connectivity index (χ2n) is 7.23. The third kappa shape index (κ3) is 3.68. The van der Waals surface area contributed by atoms with Crippen LogP contribution >= 0.6 is 0 Å². The summed E-state index contributed by atoms with van der Waals surface area (Å²) in [5, 5.41) is 0. The lowest BCUT2D eigenvalue weighted by Gasteiger charge is -2.33. The highest BCUT2D eigenvalue weighted by atomic mass is 19.1. The van der Waals surface area contributed by atoms with Crippen LogP contribution in [-0.2, 0) is 17.8 Å². The fourth-order valence-electron chi connectivity index (χ4n) is 3.30. The molecule has 8 nitrogen and oxygen atoms in total. The number of hydrogen-bond acceptors (Lipinski definition) is 5. The van der Waals surface area contributed by atoms with Crippen molar-refractivity contribution in [2.75, 3.05) is 19.8 Å². The Hall–Kier alpha value is -3.20. The van der Waals surface area contributed by atoms with Crippen LogP contribution in [0.2, 0.25) is 0 Å². The minimum absolute atomic E-state index is 0.0322. The van der Waals surface area contributed by atoms with Gasteiger partial charge in [-0.2, -0.15) is 0 Å². The number of hydrogen-bond donors (Lipinski definition) is 1. The second kappa shape index (κ2) is 7.91. The first-order valence-corrected chi connectivity index (χ1v) is 9.85. The van der Waals surface area contributed by atoms with Crippen molar-refractivity contribution in [3.63, 3.8) is 0 Å². The number of aromatic amines is 1. The van der Waals surface area contributed by atoms with Crippen LogP contribution in [0.25, 0.3) is 23.3 Å². The summed E-state index contributed by atoms with van der Waals surface area (Å²) in [6.07, 6.45) is 3.56. The van der Waals surface area contributed by atoms with E-state index in [0.29, 0.717) is 35.8 Å². The van der Waals surface area contributed by atoms with Crippen molar-refractivity contribution in [2.45, 2.75) is 32.6 Å². The quantitative estimate of drug-likeness (QED) is 0.640. The predicted octanol–water partition coefficient (Wildman–Crippen LogP) is 2.21. The van der Waals surface area contributed by atoms with E-state index in [1.54, 1.807) is 25.1 Å². The highest BCUT2D eigenvalue weighted by Gasteiger charge is 2.39. The molecule has 158 valence electrons. The molecule has 3 aromatic rings. The third-order valence-electron chi connectivity index (χ3n) is 5.04. The van der Waals surface area contributed by atoms with Crippen molar-refractivity contribution in [3.8, 4) is 5.75 Å². The molecule has 1 N–H and O–H groups in total. The smallest absolute Gasteiger partial charge is 0.332 e. The topological polar surface area (TPSA) is 91.1 Å². The molecule has 0 bridgehead atoms. The SMILES string of the molecule is CCn1c(=O)c2[nH]c(C=Cc3ccc(OCC4(F)COC4)cc3)nc2n(CC)c1=O. The Morgan fingerprint density at radius 2 is 1.87 bits per heavy atom. The van der Waals surface area contributed by atoms with Gasteiger partial charge in [0.2, 0.25) is 0 Å². The Morgan fingerprint density at radius 1 is 1.17 bits per heavy atom. The lowest BCUT2D eigenvalue weighted by molar-refractivity contribution is -0.146. The fourth-order valence-corrected chi connectivity index (χ4v) is 3.30. The Morgan fingerprint density at radius 3 is 2.47 bits per heavy atom. The first-order valence-electron chi connectivity index (χ1n) is 9.85. The zero-order valence-electron chi connectivity index (χ0n) is 16.9. The van der Waals surface area contributed by atoms with E-state index in [9.17, 15) is 14.0 Å². The predicted molar refractivity (Wildman–Crippen MR) is 111 cm³/mol. The molecule has 0 amide bonds. The molecule has 1 aliphatic heterocycles. The van der Waals surface area contributed by atoms with E-state index in [4.69, 9.17) is 9.47 Å². The molecule has 1 fully saturated rings. The largest absolute Gasteiger partial charge is 0.490 e. The number of imidazole rings is 1. The summed E-state index contributed by atoms with van der Waals surface area (Å²) in [7, 11) is 0. The number of rotatable bonds is 7. The number of fused-ring (bicyclic) bond motifs is 1. The summed E-state index contributed by atoms with van der Waals surface area (Å²) in [5.74, 6) is 1.05. The summed E-state index contributed by atoms with van der Waals surface area (Å²) in [5.41, 5.74) is -0.599. The molecule has 30 heavy (non-hydrogen) atoms. The van der Waals surface area contributed by atoms with Gasteiger partial charge in [-0.3, -0.25) is 13.9 Å². The second-order valence-corrected chi connectivity index (χ2v) is 7.23. The Labute approximate surface area is 171 Å². The van der Waals surface area contributed by atoms with Crippen LogP contribution in [0.4, 0.5) is 4.39 Å². The van der Waals surface area contributed by atoms with Gasteiger partial charge in [-0.05, 0) is 37.6 Å². The van der Waals surface area contributed by atoms with E-state index < -0.39 is 5.67 Å². The molecular weight excluding hydrogens is 391 g/mol. The van der Waals surface area contributed by atoms with Gasteiger partial charge < -0.3 is 14.5 Å². The number of aryl methyl sites for hydroxylation is 1. The van der Waals surface area contributed by atoms with E-state index in [-0.39, 0.29) is 31.1 Å². The highest BCUT2D eigenvalue weighted by Crippen LogP contribution is 2.24. The molecule has 9 heteroatoms. The molecule has 1 aromatic carbocycles. The van der Waals surface area contributed by atoms with E-state index in [1.165, 1.54) is 9.13 Å². The van der Waals surface area contributed by atoms with Crippen LogP contribution in [0.3, 0.4) is 0 Å². The molecule has 0 spiro atoms. The van der Waals surface area contributed by atoms with Crippen molar-refractivity contribution in [1.82, 2.24) is 19.1 Å². The molecule has 0 atom stereocenters. The van der Waals surface area contributed by atoms with Crippen molar-refractivity contribution >= 4 is 23.3 Å². The third-order valence-corrected chi connectivity index (χ3v) is 5.04. The van der Waals surface area contributed by atoms with E-state index in [0.717, 1.165) is 5.56 Å². The maximum absolute atomic E-state index is 13.9. The molecule has 4 rings (SSSR count). The normalized spacial score (nSPS) is 15.6. The van der Waals surface area contributed by atoms with Crippen LogP contribution in [0.1, 0.15) is 25.2 Å². The van der Waals surface area contributed by atoms with Crippen molar-refractivity contribution in [3.05, 3.63) is 56.5 Å². The zero-order chi connectivity index (χ0) is 21.3. The molecule has 0 unspecified atom stereocenters. The average molecular weight is 414 g/mol. The average Bonchev–Trinajstić information content (AvgIpc) is 3.15. The lowest BCUT2D eigenvalue weighted by atomic mass is 10.1. The Bertz CT molecular complexity index is 1200.